The lowest BCUT2D eigenvalue weighted by Gasteiger charge is -2.28. The second-order valence-electron chi connectivity index (χ2n) is 4.15. The van der Waals surface area contributed by atoms with Crippen LogP contribution < -0.4 is 5.43 Å². The van der Waals surface area contributed by atoms with Crippen molar-refractivity contribution in [2.45, 2.75) is 25.6 Å². The van der Waals surface area contributed by atoms with Gasteiger partial charge in [-0.1, -0.05) is 18.2 Å². The quantitative estimate of drug-likeness (QED) is 0.883. The van der Waals surface area contributed by atoms with Crippen LogP contribution in [0.4, 0.5) is 13.2 Å². The molecule has 3 nitrogen and oxygen atoms in total. The lowest BCUT2D eigenvalue weighted by atomic mass is 10.1. The standard InChI is InChI=1S/C12H13F3N2O/c13-12(14,15)10-5-2-1-4-9(10)8-17-11(18)6-3-7-16-17/h1-2,4-5,16H,3,6-8H2. The lowest BCUT2D eigenvalue weighted by molar-refractivity contribution is -0.142. The molecule has 1 aromatic carbocycles. The summed E-state index contributed by atoms with van der Waals surface area (Å²) in [7, 11) is 0. The molecule has 1 fully saturated rings. The molecule has 0 aliphatic carbocycles. The number of hydrogen-bond acceptors (Lipinski definition) is 2. The second-order valence-corrected chi connectivity index (χ2v) is 4.15. The Kier molecular flexibility index (Phi) is 3.56. The molecular formula is C12H13F3N2O. The molecule has 1 amide bonds. The molecule has 0 bridgehead atoms. The fraction of sp³-hybridized carbons (Fsp3) is 0.417. The van der Waals surface area contributed by atoms with Gasteiger partial charge in [-0.15, -0.1) is 0 Å². The Labute approximate surface area is 103 Å². The Bertz CT molecular complexity index is 445. The van der Waals surface area contributed by atoms with Crippen molar-refractivity contribution in [2.75, 3.05) is 6.54 Å². The fourth-order valence-electron chi connectivity index (χ4n) is 1.93. The highest BCUT2D eigenvalue weighted by atomic mass is 19.4. The third-order valence-corrected chi connectivity index (χ3v) is 2.82. The largest absolute Gasteiger partial charge is 0.416 e. The first kappa shape index (κ1) is 12.9. The first-order valence-electron chi connectivity index (χ1n) is 5.67. The van der Waals surface area contributed by atoms with E-state index in [1.807, 2.05) is 0 Å². The highest BCUT2D eigenvalue weighted by molar-refractivity contribution is 5.76. The molecule has 1 aliphatic rings. The number of hydrogen-bond donors (Lipinski definition) is 1. The highest BCUT2D eigenvalue weighted by Crippen LogP contribution is 2.32. The zero-order valence-electron chi connectivity index (χ0n) is 9.63. The van der Waals surface area contributed by atoms with E-state index in [-0.39, 0.29) is 18.0 Å². The molecule has 1 aromatic rings. The summed E-state index contributed by atoms with van der Waals surface area (Å²) in [5.74, 6) is -0.168. The molecule has 1 N–H and O–H groups in total. The van der Waals surface area contributed by atoms with E-state index < -0.39 is 11.7 Å². The third kappa shape index (κ3) is 2.81. The van der Waals surface area contributed by atoms with Gasteiger partial charge in [0.1, 0.15) is 0 Å². The second kappa shape index (κ2) is 4.97. The van der Waals surface area contributed by atoms with Gasteiger partial charge in [0.25, 0.3) is 0 Å². The minimum Gasteiger partial charge on any atom is -0.274 e. The van der Waals surface area contributed by atoms with Gasteiger partial charge in [0.2, 0.25) is 5.91 Å². The van der Waals surface area contributed by atoms with Crippen molar-refractivity contribution >= 4 is 5.91 Å². The maximum absolute atomic E-state index is 12.8. The van der Waals surface area contributed by atoms with Crippen molar-refractivity contribution < 1.29 is 18.0 Å². The van der Waals surface area contributed by atoms with Crippen molar-refractivity contribution in [2.24, 2.45) is 0 Å². The number of amides is 1. The molecule has 1 aliphatic heterocycles. The number of halogens is 3. The van der Waals surface area contributed by atoms with Gasteiger partial charge in [-0.3, -0.25) is 9.80 Å². The van der Waals surface area contributed by atoms with Crippen LogP contribution in [0.25, 0.3) is 0 Å². The number of rotatable bonds is 2. The van der Waals surface area contributed by atoms with Crippen LogP contribution in [0.3, 0.4) is 0 Å². The molecule has 2 rings (SSSR count). The molecule has 1 saturated heterocycles. The van der Waals surface area contributed by atoms with Gasteiger partial charge in [0, 0.05) is 13.0 Å². The van der Waals surface area contributed by atoms with Crippen LogP contribution in [0.5, 0.6) is 0 Å². The summed E-state index contributed by atoms with van der Waals surface area (Å²) in [6.07, 6.45) is -3.30. The Morgan fingerprint density at radius 2 is 2.00 bits per heavy atom. The number of nitrogens with zero attached hydrogens (tertiary/aromatic N) is 1. The van der Waals surface area contributed by atoms with E-state index >= 15 is 0 Å². The predicted octanol–water partition coefficient (Wildman–Crippen LogP) is 2.33. The Morgan fingerprint density at radius 1 is 1.28 bits per heavy atom. The topological polar surface area (TPSA) is 32.3 Å². The van der Waals surface area contributed by atoms with Crippen LogP contribution in [0.15, 0.2) is 24.3 Å². The molecular weight excluding hydrogens is 245 g/mol. The highest BCUT2D eigenvalue weighted by Gasteiger charge is 2.33. The van der Waals surface area contributed by atoms with Crippen LogP contribution in [0.1, 0.15) is 24.0 Å². The summed E-state index contributed by atoms with van der Waals surface area (Å²) in [4.78, 5) is 11.5. The Morgan fingerprint density at radius 3 is 2.67 bits per heavy atom. The summed E-state index contributed by atoms with van der Waals surface area (Å²) in [5, 5.41) is 1.26. The van der Waals surface area contributed by atoms with Crippen LogP contribution >= 0.6 is 0 Å². The molecule has 0 spiro atoms. The van der Waals surface area contributed by atoms with E-state index in [0.717, 1.165) is 12.5 Å². The number of alkyl halides is 3. The van der Waals surface area contributed by atoms with Gasteiger partial charge >= 0.3 is 6.18 Å². The summed E-state index contributed by atoms with van der Waals surface area (Å²) in [6, 6.07) is 5.31. The maximum atomic E-state index is 12.8. The fourth-order valence-corrected chi connectivity index (χ4v) is 1.93. The SMILES string of the molecule is O=C1CCCNN1Cc1ccccc1C(F)(F)F. The molecule has 0 saturated carbocycles. The van der Waals surface area contributed by atoms with Crippen LogP contribution in [0, 0.1) is 0 Å². The van der Waals surface area contributed by atoms with Crippen LogP contribution in [-0.2, 0) is 17.5 Å². The zero-order valence-corrected chi connectivity index (χ0v) is 9.63. The smallest absolute Gasteiger partial charge is 0.274 e. The molecule has 0 unspecified atom stereocenters. The minimum atomic E-state index is -4.39. The monoisotopic (exact) mass is 258 g/mol. The van der Waals surface area contributed by atoms with Gasteiger partial charge in [0.05, 0.1) is 12.1 Å². The summed E-state index contributed by atoms with van der Waals surface area (Å²) < 4.78 is 38.3. The maximum Gasteiger partial charge on any atom is 0.416 e. The number of benzene rings is 1. The number of nitrogens with one attached hydrogen (secondary N) is 1. The molecule has 0 radical (unpaired) electrons. The van der Waals surface area contributed by atoms with Crippen LogP contribution in [0.2, 0.25) is 0 Å². The Hall–Kier alpha value is -1.56. The van der Waals surface area contributed by atoms with Gasteiger partial charge in [-0.25, -0.2) is 5.43 Å². The summed E-state index contributed by atoms with van der Waals surface area (Å²) in [6.45, 7) is 0.550. The molecule has 1 heterocycles. The third-order valence-electron chi connectivity index (χ3n) is 2.82. The van der Waals surface area contributed by atoms with Crippen molar-refractivity contribution in [3.63, 3.8) is 0 Å². The minimum absolute atomic E-state index is 0.0610. The summed E-state index contributed by atoms with van der Waals surface area (Å²) in [5.41, 5.74) is 2.23. The Balaban J connectivity index is 2.21. The predicted molar refractivity (Wildman–Crippen MR) is 59.2 cm³/mol. The van der Waals surface area contributed by atoms with E-state index in [0.29, 0.717) is 13.0 Å². The molecule has 0 aromatic heterocycles. The average Bonchev–Trinajstić information content (AvgIpc) is 2.31. The first-order valence-corrected chi connectivity index (χ1v) is 5.67. The van der Waals surface area contributed by atoms with Crippen molar-refractivity contribution in [3.8, 4) is 0 Å². The van der Waals surface area contributed by atoms with Crippen molar-refractivity contribution in [1.29, 1.82) is 0 Å². The van der Waals surface area contributed by atoms with Crippen LogP contribution in [-0.4, -0.2) is 17.5 Å². The molecule has 6 heteroatoms. The number of hydrazine groups is 1. The van der Waals surface area contributed by atoms with Crippen molar-refractivity contribution in [3.05, 3.63) is 35.4 Å². The van der Waals surface area contributed by atoms with E-state index in [9.17, 15) is 18.0 Å². The van der Waals surface area contributed by atoms with E-state index in [4.69, 9.17) is 0 Å². The van der Waals surface area contributed by atoms with Gasteiger partial charge < -0.3 is 0 Å². The normalized spacial score (nSPS) is 17.1. The molecule has 18 heavy (non-hydrogen) atoms. The number of carbonyl (C=O) groups excluding carboxylic acids is 1. The van der Waals surface area contributed by atoms with E-state index in [2.05, 4.69) is 5.43 Å². The van der Waals surface area contributed by atoms with E-state index in [1.165, 1.54) is 17.1 Å². The summed E-state index contributed by atoms with van der Waals surface area (Å²) >= 11 is 0. The van der Waals surface area contributed by atoms with Crippen molar-refractivity contribution in [1.82, 2.24) is 10.4 Å². The van der Waals surface area contributed by atoms with E-state index in [1.54, 1.807) is 6.07 Å². The average molecular weight is 258 g/mol. The molecule has 98 valence electrons. The first-order chi connectivity index (χ1) is 8.48. The molecule has 0 atom stereocenters. The lowest BCUT2D eigenvalue weighted by Crippen LogP contribution is -2.46. The van der Waals surface area contributed by atoms with Gasteiger partial charge in [0.15, 0.2) is 0 Å². The zero-order chi connectivity index (χ0) is 13.2. The van der Waals surface area contributed by atoms with Gasteiger partial charge in [-0.2, -0.15) is 13.2 Å². The van der Waals surface area contributed by atoms with Gasteiger partial charge in [-0.05, 0) is 18.1 Å². The number of carbonyl (C=O) groups is 1.